The van der Waals surface area contributed by atoms with Crippen molar-refractivity contribution >= 4 is 5.97 Å². The van der Waals surface area contributed by atoms with Gasteiger partial charge in [-0.2, -0.15) is 0 Å². The second-order valence-electron chi connectivity index (χ2n) is 4.68. The lowest BCUT2D eigenvalue weighted by atomic mass is 10.0. The summed E-state index contributed by atoms with van der Waals surface area (Å²) in [5.74, 6) is 4.89. The Kier molecular flexibility index (Phi) is 3.26. The number of ether oxygens (including phenoxy) is 1. The molecule has 2 nitrogen and oxygen atoms in total. The summed E-state index contributed by atoms with van der Waals surface area (Å²) in [6.45, 7) is 2.12. The first kappa shape index (κ1) is 12.5. The van der Waals surface area contributed by atoms with Gasteiger partial charge in [-0.3, -0.25) is 0 Å². The minimum atomic E-state index is -0.476. The van der Waals surface area contributed by atoms with E-state index < -0.39 is 5.97 Å². The van der Waals surface area contributed by atoms with Gasteiger partial charge in [0.05, 0.1) is 6.61 Å². The predicted molar refractivity (Wildman–Crippen MR) is 78.2 cm³/mol. The van der Waals surface area contributed by atoms with E-state index in [1.165, 1.54) is 22.3 Å². The van der Waals surface area contributed by atoms with Crippen molar-refractivity contribution in [3.05, 3.63) is 59.2 Å². The van der Waals surface area contributed by atoms with Crippen molar-refractivity contribution in [3.63, 3.8) is 0 Å². The highest BCUT2D eigenvalue weighted by atomic mass is 16.5. The van der Waals surface area contributed by atoms with Crippen LogP contribution in [0.25, 0.3) is 11.1 Å². The van der Waals surface area contributed by atoms with E-state index in [1.54, 1.807) is 6.92 Å². The van der Waals surface area contributed by atoms with Gasteiger partial charge in [-0.05, 0) is 47.7 Å². The van der Waals surface area contributed by atoms with E-state index in [0.717, 1.165) is 12.0 Å². The first-order valence-electron chi connectivity index (χ1n) is 6.68. The molecule has 1 aliphatic rings. The quantitative estimate of drug-likeness (QED) is 0.497. The smallest absolute Gasteiger partial charge is 0.384 e. The van der Waals surface area contributed by atoms with E-state index in [9.17, 15) is 4.79 Å². The summed E-state index contributed by atoms with van der Waals surface area (Å²) in [6.07, 6.45) is 0.931. The molecule has 98 valence electrons. The van der Waals surface area contributed by atoms with Crippen LogP contribution in [0.5, 0.6) is 0 Å². The molecule has 0 atom stereocenters. The summed E-state index contributed by atoms with van der Waals surface area (Å²) in [5.41, 5.74) is 6.03. The van der Waals surface area contributed by atoms with Crippen molar-refractivity contribution in [2.75, 3.05) is 6.61 Å². The van der Waals surface area contributed by atoms with E-state index >= 15 is 0 Å². The highest BCUT2D eigenvalue weighted by Crippen LogP contribution is 2.36. The second kappa shape index (κ2) is 5.22. The number of benzene rings is 2. The van der Waals surface area contributed by atoms with E-state index in [1.807, 2.05) is 6.07 Å². The van der Waals surface area contributed by atoms with E-state index in [2.05, 4.69) is 48.2 Å². The Balaban J connectivity index is 1.89. The Morgan fingerprint density at radius 3 is 2.80 bits per heavy atom. The molecule has 0 heterocycles. The summed E-state index contributed by atoms with van der Waals surface area (Å²) in [7, 11) is 0. The fourth-order valence-electron chi connectivity index (χ4n) is 2.51. The van der Waals surface area contributed by atoms with Crippen LogP contribution in [0.1, 0.15) is 23.6 Å². The number of hydrogen-bond acceptors (Lipinski definition) is 2. The van der Waals surface area contributed by atoms with E-state index in [-0.39, 0.29) is 0 Å². The second-order valence-corrected chi connectivity index (χ2v) is 4.68. The van der Waals surface area contributed by atoms with Crippen LogP contribution < -0.4 is 0 Å². The van der Waals surface area contributed by atoms with Crippen LogP contribution in [-0.4, -0.2) is 12.6 Å². The lowest BCUT2D eigenvalue weighted by Crippen LogP contribution is -1.99. The molecule has 2 heteroatoms. The number of rotatable bonds is 1. The fraction of sp³-hybridized carbons (Fsp3) is 0.167. The summed E-state index contributed by atoms with van der Waals surface area (Å²) in [6, 6.07) is 14.5. The molecular weight excluding hydrogens is 248 g/mol. The normalized spacial score (nSPS) is 11.1. The predicted octanol–water partition coefficient (Wildman–Crippen LogP) is 3.17. The largest absolute Gasteiger partial charge is 0.456 e. The average molecular weight is 262 g/mol. The molecule has 3 rings (SSSR count). The highest BCUT2D eigenvalue weighted by molar-refractivity contribution is 5.89. The lowest BCUT2D eigenvalue weighted by Gasteiger charge is -2.00. The average Bonchev–Trinajstić information content (AvgIpc) is 2.83. The molecule has 2 aromatic carbocycles. The maximum absolute atomic E-state index is 11.2. The van der Waals surface area contributed by atoms with Gasteiger partial charge in [0, 0.05) is 11.5 Å². The molecular formula is C18H14O2. The molecule has 0 aromatic heterocycles. The van der Waals surface area contributed by atoms with Crippen molar-refractivity contribution in [1.29, 1.82) is 0 Å². The van der Waals surface area contributed by atoms with Gasteiger partial charge in [0.25, 0.3) is 0 Å². The van der Waals surface area contributed by atoms with Crippen molar-refractivity contribution in [3.8, 4) is 23.0 Å². The first-order chi connectivity index (χ1) is 9.78. The zero-order chi connectivity index (χ0) is 13.9. The van der Waals surface area contributed by atoms with Gasteiger partial charge in [0.1, 0.15) is 0 Å². The van der Waals surface area contributed by atoms with Crippen LogP contribution in [0.2, 0.25) is 0 Å². The number of fused-ring (bicyclic) bond motifs is 3. The Bertz CT molecular complexity index is 733. The summed E-state index contributed by atoms with van der Waals surface area (Å²) in [5, 5.41) is 0. The molecule has 20 heavy (non-hydrogen) atoms. The van der Waals surface area contributed by atoms with Gasteiger partial charge >= 0.3 is 5.97 Å². The van der Waals surface area contributed by atoms with Crippen molar-refractivity contribution < 1.29 is 9.53 Å². The van der Waals surface area contributed by atoms with Crippen LogP contribution in [0.15, 0.2) is 42.5 Å². The molecule has 0 saturated heterocycles. The van der Waals surface area contributed by atoms with Crippen LogP contribution in [0.4, 0.5) is 0 Å². The molecule has 0 aliphatic heterocycles. The molecule has 0 amide bonds. The number of esters is 1. The van der Waals surface area contributed by atoms with Crippen LogP contribution in [0.3, 0.4) is 0 Å². The minimum absolute atomic E-state index is 0.354. The molecule has 2 aromatic rings. The molecule has 0 N–H and O–H groups in total. The van der Waals surface area contributed by atoms with Gasteiger partial charge in [-0.15, -0.1) is 0 Å². The number of carbonyl (C=O) groups is 1. The molecule has 1 aliphatic carbocycles. The van der Waals surface area contributed by atoms with E-state index in [4.69, 9.17) is 4.74 Å². The van der Waals surface area contributed by atoms with Gasteiger partial charge in [-0.1, -0.05) is 36.3 Å². The third-order valence-electron chi connectivity index (χ3n) is 3.38. The number of carbonyl (C=O) groups excluding carboxylic acids is 1. The highest BCUT2D eigenvalue weighted by Gasteiger charge is 2.17. The SMILES string of the molecule is CCOC(=O)C#Cc1ccc2c(c1)Cc1ccccc1-2. The molecule has 0 saturated carbocycles. The van der Waals surface area contributed by atoms with Crippen molar-refractivity contribution in [2.24, 2.45) is 0 Å². The van der Waals surface area contributed by atoms with Gasteiger partial charge in [0.2, 0.25) is 0 Å². The summed E-state index contributed by atoms with van der Waals surface area (Å²) >= 11 is 0. The van der Waals surface area contributed by atoms with E-state index in [0.29, 0.717) is 6.61 Å². The lowest BCUT2D eigenvalue weighted by molar-refractivity contribution is -0.136. The fourth-order valence-corrected chi connectivity index (χ4v) is 2.51. The summed E-state index contributed by atoms with van der Waals surface area (Å²) in [4.78, 5) is 11.2. The van der Waals surface area contributed by atoms with Gasteiger partial charge < -0.3 is 4.74 Å². The number of hydrogen-bond donors (Lipinski definition) is 0. The van der Waals surface area contributed by atoms with Gasteiger partial charge in [-0.25, -0.2) is 4.79 Å². The Morgan fingerprint density at radius 1 is 1.15 bits per heavy atom. The Morgan fingerprint density at radius 2 is 1.95 bits per heavy atom. The third kappa shape index (κ3) is 2.31. The van der Waals surface area contributed by atoms with Crippen LogP contribution in [0, 0.1) is 11.8 Å². The molecule has 0 fully saturated rings. The van der Waals surface area contributed by atoms with Crippen LogP contribution in [-0.2, 0) is 16.0 Å². The van der Waals surface area contributed by atoms with Crippen LogP contribution >= 0.6 is 0 Å². The summed E-state index contributed by atoms with van der Waals surface area (Å²) < 4.78 is 4.79. The maximum Gasteiger partial charge on any atom is 0.384 e. The molecule has 0 radical (unpaired) electrons. The standard InChI is InChI=1S/C18H14O2/c1-2-20-18(19)10-8-13-7-9-17-15(11-13)12-14-5-3-4-6-16(14)17/h3-7,9,11H,2,12H2,1H3. The monoisotopic (exact) mass is 262 g/mol. The van der Waals surface area contributed by atoms with Crippen molar-refractivity contribution in [2.45, 2.75) is 13.3 Å². The zero-order valence-corrected chi connectivity index (χ0v) is 11.3. The topological polar surface area (TPSA) is 26.3 Å². The first-order valence-corrected chi connectivity index (χ1v) is 6.68. The van der Waals surface area contributed by atoms with Gasteiger partial charge in [0.15, 0.2) is 0 Å². The zero-order valence-electron chi connectivity index (χ0n) is 11.3. The third-order valence-corrected chi connectivity index (χ3v) is 3.38. The van der Waals surface area contributed by atoms with Crippen molar-refractivity contribution in [1.82, 2.24) is 0 Å². The minimum Gasteiger partial charge on any atom is -0.456 e. The molecule has 0 bridgehead atoms. The maximum atomic E-state index is 11.2. The Labute approximate surface area is 118 Å². The molecule has 0 unspecified atom stereocenters. The Hall–Kier alpha value is -2.53. The molecule has 0 spiro atoms.